The van der Waals surface area contributed by atoms with Crippen molar-refractivity contribution in [2.24, 2.45) is 5.41 Å². The fourth-order valence-electron chi connectivity index (χ4n) is 2.06. The molecule has 0 aliphatic carbocycles. The molecular formula is C13H23N3O. The van der Waals surface area contributed by atoms with Crippen molar-refractivity contribution in [2.45, 2.75) is 52.1 Å². The van der Waals surface area contributed by atoms with Crippen LogP contribution in [-0.4, -0.2) is 36.5 Å². The second-order valence-corrected chi connectivity index (χ2v) is 5.32. The summed E-state index contributed by atoms with van der Waals surface area (Å²) >= 11 is 0. The van der Waals surface area contributed by atoms with Gasteiger partial charge in [0.2, 0.25) is 5.91 Å². The number of nitrogens with zero attached hydrogens (tertiary/aromatic N) is 2. The van der Waals surface area contributed by atoms with Gasteiger partial charge < -0.3 is 10.2 Å². The van der Waals surface area contributed by atoms with Gasteiger partial charge in [-0.25, -0.2) is 0 Å². The molecule has 0 bridgehead atoms. The average molecular weight is 237 g/mol. The Morgan fingerprint density at radius 2 is 2.29 bits per heavy atom. The van der Waals surface area contributed by atoms with Gasteiger partial charge in [-0.2, -0.15) is 5.26 Å². The minimum absolute atomic E-state index is 0.121. The lowest BCUT2D eigenvalue weighted by Gasteiger charge is -2.36. The molecule has 1 amide bonds. The van der Waals surface area contributed by atoms with Crippen molar-refractivity contribution >= 4 is 5.91 Å². The topological polar surface area (TPSA) is 56.1 Å². The molecule has 1 heterocycles. The molecule has 0 aromatic rings. The molecule has 1 fully saturated rings. The van der Waals surface area contributed by atoms with Crippen LogP contribution in [0.5, 0.6) is 0 Å². The van der Waals surface area contributed by atoms with Crippen molar-refractivity contribution in [2.75, 3.05) is 13.6 Å². The quantitative estimate of drug-likeness (QED) is 0.809. The van der Waals surface area contributed by atoms with E-state index in [1.807, 2.05) is 6.92 Å². The lowest BCUT2D eigenvalue weighted by molar-refractivity contribution is -0.128. The van der Waals surface area contributed by atoms with Crippen LogP contribution >= 0.6 is 0 Å². The predicted molar refractivity (Wildman–Crippen MR) is 67.3 cm³/mol. The number of amides is 1. The molecule has 4 nitrogen and oxygen atoms in total. The molecule has 0 saturated carbocycles. The molecular weight excluding hydrogens is 214 g/mol. The first-order chi connectivity index (χ1) is 7.92. The molecule has 1 rings (SSSR count). The van der Waals surface area contributed by atoms with Crippen LogP contribution in [0, 0.1) is 16.7 Å². The number of nitrogens with one attached hydrogen (secondary N) is 1. The average Bonchev–Trinajstić information content (AvgIpc) is 2.32. The van der Waals surface area contributed by atoms with Crippen LogP contribution in [0.2, 0.25) is 0 Å². The zero-order valence-electron chi connectivity index (χ0n) is 11.3. The lowest BCUT2D eigenvalue weighted by atomic mass is 9.87. The number of nitriles is 1. The Balaban J connectivity index is 2.56. The van der Waals surface area contributed by atoms with E-state index in [0.717, 1.165) is 19.4 Å². The molecule has 1 aliphatic heterocycles. The monoisotopic (exact) mass is 237 g/mol. The van der Waals surface area contributed by atoms with E-state index >= 15 is 0 Å². The van der Waals surface area contributed by atoms with Gasteiger partial charge in [0, 0.05) is 18.6 Å². The summed E-state index contributed by atoms with van der Waals surface area (Å²) in [6.07, 6.45) is 2.49. The Morgan fingerprint density at radius 1 is 1.65 bits per heavy atom. The Hall–Kier alpha value is -1.08. The van der Waals surface area contributed by atoms with E-state index in [9.17, 15) is 4.79 Å². The molecule has 1 aliphatic rings. The number of hydrogen-bond acceptors (Lipinski definition) is 3. The molecule has 0 spiro atoms. The van der Waals surface area contributed by atoms with E-state index in [1.165, 1.54) is 0 Å². The van der Waals surface area contributed by atoms with Gasteiger partial charge in [-0.3, -0.25) is 4.79 Å². The minimum atomic E-state index is -0.882. The fourth-order valence-corrected chi connectivity index (χ4v) is 2.06. The van der Waals surface area contributed by atoms with E-state index in [-0.39, 0.29) is 11.9 Å². The first-order valence-electron chi connectivity index (χ1n) is 6.35. The first-order valence-corrected chi connectivity index (χ1v) is 6.35. The number of hydrogen-bond donors (Lipinski definition) is 1. The van der Waals surface area contributed by atoms with E-state index < -0.39 is 5.41 Å². The summed E-state index contributed by atoms with van der Waals surface area (Å²) in [7, 11) is 2.11. The van der Waals surface area contributed by atoms with Crippen molar-refractivity contribution in [3.05, 3.63) is 0 Å². The van der Waals surface area contributed by atoms with Crippen LogP contribution in [-0.2, 0) is 4.79 Å². The van der Waals surface area contributed by atoms with E-state index in [4.69, 9.17) is 5.26 Å². The fraction of sp³-hybridized carbons (Fsp3) is 0.846. The standard InChI is InChI=1S/C13H23N3O/c1-5-13(3,9-14)12(17)15-11-6-7-16(4)10(2)8-11/h10-11H,5-8H2,1-4H3,(H,15,17). The first kappa shape index (κ1) is 14.0. The number of carbonyl (C=O) groups excluding carboxylic acids is 1. The van der Waals surface area contributed by atoms with Crippen molar-refractivity contribution in [1.82, 2.24) is 10.2 Å². The summed E-state index contributed by atoms with van der Waals surface area (Å²) < 4.78 is 0. The summed E-state index contributed by atoms with van der Waals surface area (Å²) in [4.78, 5) is 14.3. The van der Waals surface area contributed by atoms with Gasteiger partial charge in [0.1, 0.15) is 5.41 Å². The highest BCUT2D eigenvalue weighted by atomic mass is 16.2. The van der Waals surface area contributed by atoms with Crippen LogP contribution in [0.25, 0.3) is 0 Å². The number of rotatable bonds is 3. The van der Waals surface area contributed by atoms with Crippen LogP contribution in [0.1, 0.15) is 40.0 Å². The van der Waals surface area contributed by atoms with Gasteiger partial charge in [-0.05, 0) is 40.2 Å². The molecule has 0 aromatic heterocycles. The van der Waals surface area contributed by atoms with Crippen molar-refractivity contribution in [3.8, 4) is 6.07 Å². The number of piperidine rings is 1. The molecule has 3 unspecified atom stereocenters. The maximum absolute atomic E-state index is 12.0. The van der Waals surface area contributed by atoms with Crippen LogP contribution in [0.4, 0.5) is 0 Å². The normalized spacial score (nSPS) is 29.1. The Morgan fingerprint density at radius 3 is 2.76 bits per heavy atom. The van der Waals surface area contributed by atoms with E-state index in [1.54, 1.807) is 6.92 Å². The van der Waals surface area contributed by atoms with Gasteiger partial charge in [-0.1, -0.05) is 6.92 Å². The highest BCUT2D eigenvalue weighted by Crippen LogP contribution is 2.22. The molecule has 4 heteroatoms. The number of likely N-dealkylation sites (tertiary alicyclic amines) is 1. The van der Waals surface area contributed by atoms with Gasteiger partial charge >= 0.3 is 0 Å². The van der Waals surface area contributed by atoms with Gasteiger partial charge in [0.25, 0.3) is 0 Å². The van der Waals surface area contributed by atoms with Gasteiger partial charge in [0.15, 0.2) is 0 Å². The minimum Gasteiger partial charge on any atom is -0.352 e. The lowest BCUT2D eigenvalue weighted by Crippen LogP contribution is -2.50. The summed E-state index contributed by atoms with van der Waals surface area (Å²) in [5.74, 6) is -0.121. The molecule has 17 heavy (non-hydrogen) atoms. The zero-order chi connectivity index (χ0) is 13.1. The molecule has 1 N–H and O–H groups in total. The second-order valence-electron chi connectivity index (χ2n) is 5.32. The molecule has 0 aromatic carbocycles. The maximum atomic E-state index is 12.0. The highest BCUT2D eigenvalue weighted by Gasteiger charge is 2.34. The van der Waals surface area contributed by atoms with Crippen LogP contribution in [0.3, 0.4) is 0 Å². The Labute approximate surface area is 104 Å². The summed E-state index contributed by atoms with van der Waals surface area (Å²) in [6.45, 7) is 6.75. The summed E-state index contributed by atoms with van der Waals surface area (Å²) in [6, 6.07) is 2.82. The van der Waals surface area contributed by atoms with E-state index in [2.05, 4.69) is 30.3 Å². The molecule has 3 atom stereocenters. The van der Waals surface area contributed by atoms with Crippen molar-refractivity contribution < 1.29 is 4.79 Å². The third-order valence-corrected chi connectivity index (χ3v) is 4.00. The maximum Gasteiger partial charge on any atom is 0.240 e. The van der Waals surface area contributed by atoms with Crippen molar-refractivity contribution in [3.63, 3.8) is 0 Å². The van der Waals surface area contributed by atoms with Gasteiger partial charge in [0.05, 0.1) is 6.07 Å². The molecule has 96 valence electrons. The molecule has 0 radical (unpaired) electrons. The summed E-state index contributed by atoms with van der Waals surface area (Å²) in [5.41, 5.74) is -0.882. The highest BCUT2D eigenvalue weighted by molar-refractivity contribution is 5.85. The predicted octanol–water partition coefficient (Wildman–Crippen LogP) is 1.53. The Kier molecular flexibility index (Phi) is 4.53. The largest absolute Gasteiger partial charge is 0.352 e. The van der Waals surface area contributed by atoms with Crippen LogP contribution < -0.4 is 5.32 Å². The zero-order valence-corrected chi connectivity index (χ0v) is 11.3. The Bertz CT molecular complexity index is 323. The van der Waals surface area contributed by atoms with E-state index in [0.29, 0.717) is 12.5 Å². The smallest absolute Gasteiger partial charge is 0.240 e. The number of carbonyl (C=O) groups is 1. The summed E-state index contributed by atoms with van der Waals surface area (Å²) in [5, 5.41) is 12.1. The van der Waals surface area contributed by atoms with Crippen LogP contribution in [0.15, 0.2) is 0 Å². The SMILES string of the molecule is CCC(C)(C#N)C(=O)NC1CCN(C)C(C)C1. The third kappa shape index (κ3) is 3.19. The molecule has 1 saturated heterocycles. The third-order valence-electron chi connectivity index (χ3n) is 4.00. The second kappa shape index (κ2) is 5.50. The van der Waals surface area contributed by atoms with Crippen molar-refractivity contribution in [1.29, 1.82) is 5.26 Å². The van der Waals surface area contributed by atoms with Gasteiger partial charge in [-0.15, -0.1) is 0 Å².